The summed E-state index contributed by atoms with van der Waals surface area (Å²) in [4.78, 5) is 3.71. The maximum Gasteiger partial charge on any atom is 0.0825 e. The van der Waals surface area contributed by atoms with Gasteiger partial charge in [0.2, 0.25) is 0 Å². The van der Waals surface area contributed by atoms with E-state index >= 15 is 0 Å². The van der Waals surface area contributed by atoms with E-state index in [4.69, 9.17) is 10.5 Å². The van der Waals surface area contributed by atoms with Crippen LogP contribution in [0.5, 0.6) is 0 Å². The largest absolute Gasteiger partial charge is 0.377 e. The maximum absolute atomic E-state index is 5.96. The number of thioether (sulfide) groups is 1. The lowest BCUT2D eigenvalue weighted by atomic mass is 9.94. The number of rotatable bonds is 4. The van der Waals surface area contributed by atoms with Gasteiger partial charge in [0, 0.05) is 42.9 Å². The number of ether oxygens (including phenoxy) is 1. The molecule has 0 saturated carbocycles. The molecule has 1 fully saturated rings. The second-order valence-electron chi connectivity index (χ2n) is 5.34. The third-order valence-electron chi connectivity index (χ3n) is 4.02. The Morgan fingerprint density at radius 3 is 2.89 bits per heavy atom. The summed E-state index contributed by atoms with van der Waals surface area (Å²) in [6, 6.07) is 6.46. The molecule has 1 heterocycles. The normalized spacial score (nSPS) is 23.7. The molecule has 106 valence electrons. The molecule has 2 rings (SSSR count). The molecule has 0 bridgehead atoms. The van der Waals surface area contributed by atoms with Gasteiger partial charge < -0.3 is 15.4 Å². The van der Waals surface area contributed by atoms with Crippen LogP contribution in [0, 0.1) is 0 Å². The molecule has 0 aliphatic carbocycles. The van der Waals surface area contributed by atoms with Crippen LogP contribution in [0.1, 0.15) is 25.3 Å². The second-order valence-corrected chi connectivity index (χ2v) is 6.19. The number of anilines is 1. The minimum absolute atomic E-state index is 0.0422. The molecular weight excluding hydrogens is 256 g/mol. The summed E-state index contributed by atoms with van der Waals surface area (Å²) in [5.41, 5.74) is 8.46. The molecule has 1 aliphatic heterocycles. The molecule has 2 N–H and O–H groups in total. The van der Waals surface area contributed by atoms with Crippen LogP contribution < -0.4 is 10.6 Å². The van der Waals surface area contributed by atoms with Crippen LogP contribution in [0.2, 0.25) is 0 Å². The van der Waals surface area contributed by atoms with Crippen molar-refractivity contribution in [2.45, 2.75) is 36.8 Å². The number of hydrogen-bond acceptors (Lipinski definition) is 4. The molecule has 3 nitrogen and oxygen atoms in total. The van der Waals surface area contributed by atoms with Gasteiger partial charge in [-0.2, -0.15) is 0 Å². The van der Waals surface area contributed by atoms with Crippen molar-refractivity contribution in [3.63, 3.8) is 0 Å². The predicted octanol–water partition coefficient (Wildman–Crippen LogP) is 2.87. The van der Waals surface area contributed by atoms with E-state index in [0.29, 0.717) is 6.54 Å². The minimum atomic E-state index is -0.0422. The Morgan fingerprint density at radius 1 is 1.47 bits per heavy atom. The van der Waals surface area contributed by atoms with Crippen molar-refractivity contribution in [2.24, 2.45) is 5.73 Å². The van der Waals surface area contributed by atoms with Crippen molar-refractivity contribution in [3.8, 4) is 0 Å². The summed E-state index contributed by atoms with van der Waals surface area (Å²) in [7, 11) is 1.81. The van der Waals surface area contributed by atoms with E-state index in [2.05, 4.69) is 36.3 Å². The first-order valence-electron chi connectivity index (χ1n) is 6.79. The molecule has 1 aliphatic rings. The third-order valence-corrected chi connectivity index (χ3v) is 4.85. The van der Waals surface area contributed by atoms with Gasteiger partial charge in [-0.25, -0.2) is 0 Å². The van der Waals surface area contributed by atoms with Crippen molar-refractivity contribution >= 4 is 17.4 Å². The van der Waals surface area contributed by atoms with Gasteiger partial charge in [0.15, 0.2) is 0 Å². The van der Waals surface area contributed by atoms with Gasteiger partial charge in [-0.05, 0) is 38.2 Å². The average molecular weight is 280 g/mol. The van der Waals surface area contributed by atoms with E-state index in [1.807, 2.05) is 7.11 Å². The number of hydrogen-bond donors (Lipinski definition) is 1. The van der Waals surface area contributed by atoms with Crippen LogP contribution in [-0.4, -0.2) is 32.1 Å². The smallest absolute Gasteiger partial charge is 0.0825 e. The van der Waals surface area contributed by atoms with Gasteiger partial charge in [0.05, 0.1) is 5.60 Å². The SMILES string of the molecule is COC1(C)CCCN(c2cccc(SC)c2CN)C1. The van der Waals surface area contributed by atoms with Crippen molar-refractivity contribution in [2.75, 3.05) is 31.4 Å². The van der Waals surface area contributed by atoms with Gasteiger partial charge in [-0.1, -0.05) is 6.07 Å². The van der Waals surface area contributed by atoms with E-state index in [0.717, 1.165) is 25.9 Å². The van der Waals surface area contributed by atoms with Crippen molar-refractivity contribution in [3.05, 3.63) is 23.8 Å². The number of piperidine rings is 1. The van der Waals surface area contributed by atoms with Crippen LogP contribution in [-0.2, 0) is 11.3 Å². The van der Waals surface area contributed by atoms with Gasteiger partial charge in [0.1, 0.15) is 0 Å². The number of nitrogens with two attached hydrogens (primary N) is 1. The predicted molar refractivity (Wildman–Crippen MR) is 83.0 cm³/mol. The molecule has 1 atom stereocenters. The number of benzene rings is 1. The summed E-state index contributed by atoms with van der Waals surface area (Å²) in [5, 5.41) is 0. The molecule has 0 amide bonds. The van der Waals surface area contributed by atoms with E-state index < -0.39 is 0 Å². The number of methoxy groups -OCH3 is 1. The minimum Gasteiger partial charge on any atom is -0.377 e. The summed E-state index contributed by atoms with van der Waals surface area (Å²) >= 11 is 1.77. The first-order valence-corrected chi connectivity index (χ1v) is 8.02. The Morgan fingerprint density at radius 2 is 2.26 bits per heavy atom. The molecule has 0 spiro atoms. The third kappa shape index (κ3) is 3.07. The van der Waals surface area contributed by atoms with Crippen LogP contribution in [0.4, 0.5) is 5.69 Å². The lowest BCUT2D eigenvalue weighted by Gasteiger charge is -2.41. The van der Waals surface area contributed by atoms with Gasteiger partial charge in [-0.3, -0.25) is 0 Å². The Labute approximate surface area is 120 Å². The van der Waals surface area contributed by atoms with Gasteiger partial charge >= 0.3 is 0 Å². The van der Waals surface area contributed by atoms with Crippen LogP contribution >= 0.6 is 11.8 Å². The monoisotopic (exact) mass is 280 g/mol. The lowest BCUT2D eigenvalue weighted by molar-refractivity contribution is -0.00469. The molecule has 1 aromatic rings. The standard InChI is InChI=1S/C15H24N2OS/c1-15(18-2)8-5-9-17(11-15)13-6-4-7-14(19-3)12(13)10-16/h4,6-7H,5,8-11,16H2,1-3H3. The van der Waals surface area contributed by atoms with E-state index in [1.54, 1.807) is 11.8 Å². The lowest BCUT2D eigenvalue weighted by Crippen LogP contribution is -2.47. The summed E-state index contributed by atoms with van der Waals surface area (Å²) in [6.45, 7) is 4.81. The van der Waals surface area contributed by atoms with Crippen molar-refractivity contribution in [1.82, 2.24) is 0 Å². The molecular formula is C15H24N2OS. The molecule has 1 saturated heterocycles. The van der Waals surface area contributed by atoms with Crippen molar-refractivity contribution in [1.29, 1.82) is 0 Å². The molecule has 19 heavy (non-hydrogen) atoms. The first kappa shape index (κ1) is 14.7. The van der Waals surface area contributed by atoms with Crippen LogP contribution in [0.15, 0.2) is 23.1 Å². The summed E-state index contributed by atoms with van der Waals surface area (Å²) in [6.07, 6.45) is 4.39. The molecule has 1 aromatic carbocycles. The number of nitrogens with zero attached hydrogens (tertiary/aromatic N) is 1. The topological polar surface area (TPSA) is 38.5 Å². The fourth-order valence-corrected chi connectivity index (χ4v) is 3.47. The van der Waals surface area contributed by atoms with Crippen molar-refractivity contribution < 1.29 is 4.74 Å². The van der Waals surface area contributed by atoms with Gasteiger partial charge in [0.25, 0.3) is 0 Å². The summed E-state index contributed by atoms with van der Waals surface area (Å²) in [5.74, 6) is 0. The molecule has 4 heteroatoms. The van der Waals surface area contributed by atoms with E-state index in [-0.39, 0.29) is 5.60 Å². The van der Waals surface area contributed by atoms with Crippen LogP contribution in [0.3, 0.4) is 0 Å². The Balaban J connectivity index is 2.31. The maximum atomic E-state index is 5.96. The Kier molecular flexibility index (Phi) is 4.76. The fraction of sp³-hybridized carbons (Fsp3) is 0.600. The Hall–Kier alpha value is -0.710. The quantitative estimate of drug-likeness (QED) is 0.861. The highest BCUT2D eigenvalue weighted by Gasteiger charge is 2.31. The second kappa shape index (κ2) is 6.16. The van der Waals surface area contributed by atoms with E-state index in [1.165, 1.54) is 16.1 Å². The van der Waals surface area contributed by atoms with Crippen LogP contribution in [0.25, 0.3) is 0 Å². The zero-order chi connectivity index (χ0) is 13.9. The van der Waals surface area contributed by atoms with Gasteiger partial charge in [-0.15, -0.1) is 11.8 Å². The van der Waals surface area contributed by atoms with E-state index in [9.17, 15) is 0 Å². The molecule has 0 aromatic heterocycles. The average Bonchev–Trinajstić information content (AvgIpc) is 2.46. The highest BCUT2D eigenvalue weighted by atomic mass is 32.2. The first-order chi connectivity index (χ1) is 9.13. The highest BCUT2D eigenvalue weighted by Crippen LogP contribution is 2.33. The zero-order valence-corrected chi connectivity index (χ0v) is 12.9. The molecule has 1 unspecified atom stereocenters. The fourth-order valence-electron chi connectivity index (χ4n) is 2.82. The highest BCUT2D eigenvalue weighted by molar-refractivity contribution is 7.98. The Bertz CT molecular complexity index is 438. The zero-order valence-electron chi connectivity index (χ0n) is 12.1. The molecule has 0 radical (unpaired) electrons. The summed E-state index contributed by atoms with van der Waals surface area (Å²) < 4.78 is 5.68.